The minimum absolute atomic E-state index is 0.0980. The molecule has 8 heteroatoms. The van der Waals surface area contributed by atoms with Crippen molar-refractivity contribution >= 4 is 28.2 Å². The van der Waals surface area contributed by atoms with Gasteiger partial charge < -0.3 is 19.9 Å². The van der Waals surface area contributed by atoms with Crippen molar-refractivity contribution in [1.29, 1.82) is 0 Å². The Labute approximate surface area is 145 Å². The molecule has 3 heterocycles. The fourth-order valence-corrected chi connectivity index (χ4v) is 3.43. The maximum atomic E-state index is 12.4. The number of anilines is 2. The molecule has 3 rings (SSSR count). The number of methoxy groups -OCH3 is 1. The van der Waals surface area contributed by atoms with Gasteiger partial charge in [0.25, 0.3) is 0 Å². The van der Waals surface area contributed by atoms with E-state index >= 15 is 0 Å². The van der Waals surface area contributed by atoms with Crippen LogP contribution in [0.4, 0.5) is 15.6 Å². The van der Waals surface area contributed by atoms with Crippen molar-refractivity contribution in [3.63, 3.8) is 0 Å². The number of ether oxygens (including phenoxy) is 1. The summed E-state index contributed by atoms with van der Waals surface area (Å²) in [5, 5.41) is 5.98. The first-order valence-electron chi connectivity index (χ1n) is 7.89. The third-order valence-electron chi connectivity index (χ3n) is 3.86. The second-order valence-corrected chi connectivity index (χ2v) is 6.46. The van der Waals surface area contributed by atoms with Crippen molar-refractivity contribution < 1.29 is 9.53 Å². The molecule has 0 radical (unpaired) electrons. The molecule has 24 heavy (non-hydrogen) atoms. The van der Waals surface area contributed by atoms with Crippen molar-refractivity contribution in [1.82, 2.24) is 14.9 Å². The van der Waals surface area contributed by atoms with Crippen LogP contribution in [-0.4, -0.2) is 54.2 Å². The summed E-state index contributed by atoms with van der Waals surface area (Å²) in [6.45, 7) is 5.12. The molecule has 0 bridgehead atoms. The highest BCUT2D eigenvalue weighted by atomic mass is 32.1. The second-order valence-electron chi connectivity index (χ2n) is 5.62. The number of nitrogens with one attached hydrogen (secondary N) is 1. The van der Waals surface area contributed by atoms with Gasteiger partial charge in [-0.1, -0.05) is 0 Å². The fraction of sp³-hybridized carbons (Fsp3) is 0.438. The molecule has 0 saturated carbocycles. The fourth-order valence-electron chi connectivity index (χ4n) is 2.58. The maximum absolute atomic E-state index is 12.4. The number of pyridine rings is 1. The molecule has 1 fully saturated rings. The lowest BCUT2D eigenvalue weighted by atomic mass is 10.4. The van der Waals surface area contributed by atoms with Gasteiger partial charge in [0.05, 0.1) is 24.7 Å². The molecule has 1 aliphatic rings. The molecule has 1 N–H and O–H groups in total. The van der Waals surface area contributed by atoms with E-state index in [1.165, 1.54) is 0 Å². The van der Waals surface area contributed by atoms with Gasteiger partial charge in [-0.25, -0.2) is 14.8 Å². The summed E-state index contributed by atoms with van der Waals surface area (Å²) in [5.41, 5.74) is 1.71. The minimum Gasteiger partial charge on any atom is -0.481 e. The Hall–Kier alpha value is -2.35. The predicted molar refractivity (Wildman–Crippen MR) is 95.1 cm³/mol. The molecule has 7 nitrogen and oxygen atoms in total. The maximum Gasteiger partial charge on any atom is 0.321 e. The Balaban J connectivity index is 1.57. The van der Waals surface area contributed by atoms with Gasteiger partial charge in [-0.15, -0.1) is 11.3 Å². The van der Waals surface area contributed by atoms with Gasteiger partial charge in [-0.3, -0.25) is 0 Å². The molecular weight excluding hydrogens is 326 g/mol. The number of urea groups is 1. The van der Waals surface area contributed by atoms with Gasteiger partial charge in [0.2, 0.25) is 5.88 Å². The highest BCUT2D eigenvalue weighted by Crippen LogP contribution is 2.21. The first-order valence-corrected chi connectivity index (χ1v) is 8.77. The van der Waals surface area contributed by atoms with Crippen molar-refractivity contribution in [2.45, 2.75) is 13.3 Å². The number of aromatic nitrogens is 2. The van der Waals surface area contributed by atoms with Crippen LogP contribution in [0, 0.1) is 6.92 Å². The largest absolute Gasteiger partial charge is 0.481 e. The van der Waals surface area contributed by atoms with E-state index < -0.39 is 0 Å². The standard InChI is InChI=1S/C16H21N5O2S/c1-12-11-24-16(18-12)21-7-3-6-20(8-9-21)15(22)19-13-4-5-14(23-2)17-10-13/h4-5,10-11H,3,6-9H2,1-2H3,(H,19,22). The summed E-state index contributed by atoms with van der Waals surface area (Å²) in [7, 11) is 1.56. The lowest BCUT2D eigenvalue weighted by Crippen LogP contribution is -2.38. The summed E-state index contributed by atoms with van der Waals surface area (Å²) in [5.74, 6) is 0.525. The monoisotopic (exact) mass is 347 g/mol. The molecule has 2 amide bonds. The van der Waals surface area contributed by atoms with E-state index in [0.717, 1.165) is 36.9 Å². The van der Waals surface area contributed by atoms with E-state index in [0.29, 0.717) is 18.1 Å². The zero-order valence-electron chi connectivity index (χ0n) is 13.9. The first-order chi connectivity index (χ1) is 11.7. The van der Waals surface area contributed by atoms with Crippen LogP contribution in [0.15, 0.2) is 23.7 Å². The molecule has 0 atom stereocenters. The average molecular weight is 347 g/mol. The third-order valence-corrected chi connectivity index (χ3v) is 4.88. The van der Waals surface area contributed by atoms with E-state index in [1.807, 2.05) is 11.8 Å². The van der Waals surface area contributed by atoms with E-state index in [1.54, 1.807) is 36.8 Å². The molecule has 1 saturated heterocycles. The SMILES string of the molecule is COc1ccc(NC(=O)N2CCCN(c3nc(C)cs3)CC2)cn1. The summed E-state index contributed by atoms with van der Waals surface area (Å²) < 4.78 is 5.02. The second kappa shape index (κ2) is 7.48. The number of hydrogen-bond donors (Lipinski definition) is 1. The van der Waals surface area contributed by atoms with Gasteiger partial charge >= 0.3 is 6.03 Å². The number of carbonyl (C=O) groups is 1. The number of carbonyl (C=O) groups excluding carboxylic acids is 1. The molecule has 0 aromatic carbocycles. The molecular formula is C16H21N5O2S. The molecule has 0 unspecified atom stereocenters. The Morgan fingerprint density at radius 1 is 1.29 bits per heavy atom. The van der Waals surface area contributed by atoms with Gasteiger partial charge in [-0.2, -0.15) is 0 Å². The number of thiazole rings is 1. The summed E-state index contributed by atoms with van der Waals surface area (Å²) in [4.78, 5) is 25.2. The topological polar surface area (TPSA) is 70.6 Å². The molecule has 2 aromatic rings. The number of amides is 2. The van der Waals surface area contributed by atoms with Crippen LogP contribution in [0.5, 0.6) is 5.88 Å². The Morgan fingerprint density at radius 2 is 2.17 bits per heavy atom. The third kappa shape index (κ3) is 3.94. The molecule has 0 aliphatic carbocycles. The van der Waals surface area contributed by atoms with Crippen molar-refractivity contribution in [3.8, 4) is 5.88 Å². The number of rotatable bonds is 3. The van der Waals surface area contributed by atoms with Crippen LogP contribution >= 0.6 is 11.3 Å². The quantitative estimate of drug-likeness (QED) is 0.924. The van der Waals surface area contributed by atoms with E-state index in [-0.39, 0.29) is 6.03 Å². The molecule has 128 valence electrons. The van der Waals surface area contributed by atoms with Gasteiger partial charge in [-0.05, 0) is 19.4 Å². The highest BCUT2D eigenvalue weighted by Gasteiger charge is 2.20. The molecule has 0 spiro atoms. The van der Waals surface area contributed by atoms with Crippen molar-refractivity contribution in [2.24, 2.45) is 0 Å². The van der Waals surface area contributed by atoms with Crippen molar-refractivity contribution in [3.05, 3.63) is 29.4 Å². The summed E-state index contributed by atoms with van der Waals surface area (Å²) >= 11 is 1.66. The summed E-state index contributed by atoms with van der Waals surface area (Å²) in [6, 6.07) is 3.41. The molecule has 2 aromatic heterocycles. The van der Waals surface area contributed by atoms with E-state index in [2.05, 4.69) is 25.6 Å². The molecule has 1 aliphatic heterocycles. The van der Waals surface area contributed by atoms with E-state index in [9.17, 15) is 4.79 Å². The Bertz CT molecular complexity index is 688. The van der Waals surface area contributed by atoms with Crippen LogP contribution in [-0.2, 0) is 0 Å². The number of hydrogen-bond acceptors (Lipinski definition) is 6. The van der Waals surface area contributed by atoms with Crippen LogP contribution < -0.4 is 15.0 Å². The highest BCUT2D eigenvalue weighted by molar-refractivity contribution is 7.13. The normalized spacial score (nSPS) is 15.1. The zero-order valence-corrected chi connectivity index (χ0v) is 14.7. The predicted octanol–water partition coefficient (Wildman–Crippen LogP) is 2.60. The van der Waals surface area contributed by atoms with Crippen LogP contribution in [0.25, 0.3) is 0 Å². The smallest absolute Gasteiger partial charge is 0.321 e. The Morgan fingerprint density at radius 3 is 2.83 bits per heavy atom. The van der Waals surface area contributed by atoms with Crippen LogP contribution in [0.3, 0.4) is 0 Å². The van der Waals surface area contributed by atoms with Gasteiger partial charge in [0.15, 0.2) is 5.13 Å². The van der Waals surface area contributed by atoms with E-state index in [4.69, 9.17) is 4.74 Å². The van der Waals surface area contributed by atoms with Gasteiger partial charge in [0, 0.05) is 37.6 Å². The van der Waals surface area contributed by atoms with Crippen LogP contribution in [0.2, 0.25) is 0 Å². The zero-order chi connectivity index (χ0) is 16.9. The lowest BCUT2D eigenvalue weighted by molar-refractivity contribution is 0.215. The minimum atomic E-state index is -0.0980. The average Bonchev–Trinajstić information content (AvgIpc) is 2.88. The number of nitrogens with zero attached hydrogens (tertiary/aromatic N) is 4. The summed E-state index contributed by atoms with van der Waals surface area (Å²) in [6.07, 6.45) is 2.52. The number of aryl methyl sites for hydroxylation is 1. The van der Waals surface area contributed by atoms with Gasteiger partial charge in [0.1, 0.15) is 0 Å². The first kappa shape index (κ1) is 16.5. The Kier molecular flexibility index (Phi) is 5.14. The lowest BCUT2D eigenvalue weighted by Gasteiger charge is -2.22. The van der Waals surface area contributed by atoms with Crippen molar-refractivity contribution in [2.75, 3.05) is 43.5 Å². The van der Waals surface area contributed by atoms with Crippen LogP contribution in [0.1, 0.15) is 12.1 Å².